The van der Waals surface area contributed by atoms with Crippen LogP contribution in [0.2, 0.25) is 0 Å². The highest BCUT2D eigenvalue weighted by Gasteiger charge is 2.30. The van der Waals surface area contributed by atoms with Crippen LogP contribution in [0, 0.1) is 12.8 Å². The summed E-state index contributed by atoms with van der Waals surface area (Å²) in [7, 11) is 0. The Bertz CT molecular complexity index is 684. The van der Waals surface area contributed by atoms with Crippen LogP contribution in [0.25, 0.3) is 0 Å². The lowest BCUT2D eigenvalue weighted by atomic mass is 10.1. The van der Waals surface area contributed by atoms with Crippen molar-refractivity contribution in [3.63, 3.8) is 0 Å². The van der Waals surface area contributed by atoms with E-state index in [-0.39, 0.29) is 0 Å². The molecule has 0 aliphatic carbocycles. The number of halogens is 3. The Labute approximate surface area is 139 Å². The molecule has 0 unspecified atom stereocenters. The summed E-state index contributed by atoms with van der Waals surface area (Å²) in [5.74, 6) is 2.22. The van der Waals surface area contributed by atoms with E-state index in [9.17, 15) is 13.2 Å². The van der Waals surface area contributed by atoms with Gasteiger partial charge in [0.2, 0.25) is 0 Å². The van der Waals surface area contributed by atoms with Gasteiger partial charge in [-0.05, 0) is 37.5 Å². The molecule has 7 heteroatoms. The van der Waals surface area contributed by atoms with Gasteiger partial charge in [0.25, 0.3) is 0 Å². The lowest BCUT2D eigenvalue weighted by molar-refractivity contribution is -0.137. The highest BCUT2D eigenvalue weighted by Crippen LogP contribution is 2.31. The lowest BCUT2D eigenvalue weighted by Gasteiger charge is -2.12. The van der Waals surface area contributed by atoms with Gasteiger partial charge in [0, 0.05) is 18.3 Å². The normalized spacial score (nSPS) is 11.6. The van der Waals surface area contributed by atoms with Gasteiger partial charge >= 0.3 is 6.18 Å². The first-order valence-electron chi connectivity index (χ1n) is 7.78. The fourth-order valence-corrected chi connectivity index (χ4v) is 2.13. The number of benzene rings is 1. The van der Waals surface area contributed by atoms with Crippen LogP contribution >= 0.6 is 0 Å². The molecule has 0 atom stereocenters. The molecule has 2 aromatic rings. The van der Waals surface area contributed by atoms with E-state index in [4.69, 9.17) is 0 Å². The van der Waals surface area contributed by atoms with E-state index in [1.807, 2.05) is 0 Å². The molecule has 0 radical (unpaired) electrons. The topological polar surface area (TPSA) is 49.8 Å². The molecular formula is C17H21F3N4. The second-order valence-corrected chi connectivity index (χ2v) is 6.00. The van der Waals surface area contributed by atoms with Gasteiger partial charge in [-0.1, -0.05) is 19.9 Å². The number of nitrogens with one attached hydrogen (secondary N) is 2. The van der Waals surface area contributed by atoms with Crippen LogP contribution in [-0.4, -0.2) is 16.5 Å². The summed E-state index contributed by atoms with van der Waals surface area (Å²) in [5.41, 5.74) is -0.371. The van der Waals surface area contributed by atoms with Crippen molar-refractivity contribution in [2.75, 3.05) is 17.2 Å². The maximum Gasteiger partial charge on any atom is 0.416 e. The van der Waals surface area contributed by atoms with E-state index in [0.29, 0.717) is 29.1 Å². The standard InChI is InChI=1S/C17H21F3N4/c1-11(2)7-8-21-15-10-16(23-12(3)22-15)24-14-6-4-5-13(9-14)17(18,19)20/h4-6,9-11H,7-8H2,1-3H3,(H2,21,22,23,24). The smallest absolute Gasteiger partial charge is 0.370 e. The first kappa shape index (κ1) is 18.0. The maximum absolute atomic E-state index is 12.8. The summed E-state index contributed by atoms with van der Waals surface area (Å²) in [6.07, 6.45) is -3.37. The molecule has 0 amide bonds. The lowest BCUT2D eigenvalue weighted by Crippen LogP contribution is -2.08. The summed E-state index contributed by atoms with van der Waals surface area (Å²) in [6, 6.07) is 6.71. The van der Waals surface area contributed by atoms with Crippen molar-refractivity contribution in [1.29, 1.82) is 0 Å². The van der Waals surface area contributed by atoms with Crippen molar-refractivity contribution in [2.24, 2.45) is 5.92 Å². The molecule has 0 aliphatic rings. The predicted molar refractivity (Wildman–Crippen MR) is 89.4 cm³/mol. The molecule has 4 nitrogen and oxygen atoms in total. The summed E-state index contributed by atoms with van der Waals surface area (Å²) in [5, 5.41) is 6.11. The number of hydrogen-bond donors (Lipinski definition) is 2. The molecule has 0 fully saturated rings. The van der Waals surface area contributed by atoms with Crippen molar-refractivity contribution in [1.82, 2.24) is 9.97 Å². The number of nitrogens with zero attached hydrogens (tertiary/aromatic N) is 2. The average molecular weight is 338 g/mol. The van der Waals surface area contributed by atoms with Crippen LogP contribution in [0.15, 0.2) is 30.3 Å². The van der Waals surface area contributed by atoms with Crippen LogP contribution in [-0.2, 0) is 6.18 Å². The van der Waals surface area contributed by atoms with Crippen molar-refractivity contribution in [3.8, 4) is 0 Å². The minimum Gasteiger partial charge on any atom is -0.370 e. The molecule has 0 spiro atoms. The third-order valence-corrected chi connectivity index (χ3v) is 3.33. The van der Waals surface area contributed by atoms with E-state index in [1.54, 1.807) is 19.1 Å². The Morgan fingerprint density at radius 2 is 1.79 bits per heavy atom. The fraction of sp³-hybridized carbons (Fsp3) is 0.412. The van der Waals surface area contributed by atoms with Gasteiger partial charge in [-0.15, -0.1) is 0 Å². The van der Waals surface area contributed by atoms with Gasteiger partial charge in [0.05, 0.1) is 5.56 Å². The SMILES string of the molecule is Cc1nc(NCCC(C)C)cc(Nc2cccc(C(F)(F)F)c2)n1. The number of hydrogen-bond acceptors (Lipinski definition) is 4. The first-order valence-corrected chi connectivity index (χ1v) is 7.78. The molecule has 2 N–H and O–H groups in total. The summed E-state index contributed by atoms with van der Waals surface area (Å²) in [4.78, 5) is 8.51. The van der Waals surface area contributed by atoms with Gasteiger partial charge in [-0.2, -0.15) is 13.2 Å². The Kier molecular flexibility index (Phi) is 5.64. The zero-order chi connectivity index (χ0) is 17.7. The molecular weight excluding hydrogens is 317 g/mol. The Balaban J connectivity index is 2.13. The van der Waals surface area contributed by atoms with Crippen LogP contribution < -0.4 is 10.6 Å². The number of anilines is 3. The van der Waals surface area contributed by atoms with Crippen LogP contribution in [0.4, 0.5) is 30.5 Å². The van der Waals surface area contributed by atoms with Gasteiger partial charge in [0.15, 0.2) is 0 Å². The monoisotopic (exact) mass is 338 g/mol. The van der Waals surface area contributed by atoms with Crippen molar-refractivity contribution in [2.45, 2.75) is 33.4 Å². The van der Waals surface area contributed by atoms with Gasteiger partial charge < -0.3 is 10.6 Å². The summed E-state index contributed by atoms with van der Waals surface area (Å²) >= 11 is 0. The highest BCUT2D eigenvalue weighted by atomic mass is 19.4. The molecule has 2 rings (SSSR count). The van der Waals surface area contributed by atoms with Gasteiger partial charge in [-0.25, -0.2) is 9.97 Å². The Morgan fingerprint density at radius 3 is 2.46 bits per heavy atom. The second kappa shape index (κ2) is 7.51. The molecule has 0 saturated heterocycles. The Hall–Kier alpha value is -2.31. The molecule has 0 aliphatic heterocycles. The molecule has 1 heterocycles. The van der Waals surface area contributed by atoms with Crippen molar-refractivity contribution in [3.05, 3.63) is 41.7 Å². The predicted octanol–water partition coefficient (Wildman–Crippen LogP) is 5.01. The molecule has 0 saturated carbocycles. The zero-order valence-electron chi connectivity index (χ0n) is 13.9. The molecule has 1 aromatic carbocycles. The molecule has 1 aromatic heterocycles. The van der Waals surface area contributed by atoms with Crippen molar-refractivity contribution >= 4 is 17.3 Å². The number of rotatable bonds is 6. The van der Waals surface area contributed by atoms with Crippen LogP contribution in [0.1, 0.15) is 31.7 Å². The second-order valence-electron chi connectivity index (χ2n) is 6.00. The van der Waals surface area contributed by atoms with Crippen LogP contribution in [0.5, 0.6) is 0 Å². The first-order chi connectivity index (χ1) is 11.2. The zero-order valence-corrected chi connectivity index (χ0v) is 13.9. The number of aryl methyl sites for hydroxylation is 1. The Morgan fingerprint density at radius 1 is 1.08 bits per heavy atom. The molecule has 24 heavy (non-hydrogen) atoms. The van der Waals surface area contributed by atoms with E-state index >= 15 is 0 Å². The van der Waals surface area contributed by atoms with Gasteiger partial charge in [-0.3, -0.25) is 0 Å². The molecule has 0 bridgehead atoms. The molecule has 130 valence electrons. The average Bonchev–Trinajstić information content (AvgIpc) is 2.45. The van der Waals surface area contributed by atoms with E-state index in [2.05, 4.69) is 34.4 Å². The quantitative estimate of drug-likeness (QED) is 0.778. The summed E-state index contributed by atoms with van der Waals surface area (Å²) < 4.78 is 38.3. The number of aromatic nitrogens is 2. The van der Waals surface area contributed by atoms with Gasteiger partial charge in [0.1, 0.15) is 17.5 Å². The minimum absolute atomic E-state index is 0.330. The highest BCUT2D eigenvalue weighted by molar-refractivity contribution is 5.60. The maximum atomic E-state index is 12.8. The van der Waals surface area contributed by atoms with E-state index in [1.165, 1.54) is 6.07 Å². The van der Waals surface area contributed by atoms with E-state index < -0.39 is 11.7 Å². The summed E-state index contributed by atoms with van der Waals surface area (Å²) in [6.45, 7) is 6.78. The third-order valence-electron chi connectivity index (χ3n) is 3.33. The van der Waals surface area contributed by atoms with Crippen LogP contribution in [0.3, 0.4) is 0 Å². The third kappa shape index (κ3) is 5.40. The van der Waals surface area contributed by atoms with Crippen molar-refractivity contribution < 1.29 is 13.2 Å². The largest absolute Gasteiger partial charge is 0.416 e. The fourth-order valence-electron chi connectivity index (χ4n) is 2.13. The minimum atomic E-state index is -4.37. The van der Waals surface area contributed by atoms with E-state index in [0.717, 1.165) is 25.1 Å². The number of alkyl halides is 3.